The number of amidine groups is 1. The molecule has 0 radical (unpaired) electrons. The third-order valence-electron chi connectivity index (χ3n) is 4.29. The molecule has 3 heteroatoms. The molecule has 104 valence electrons. The molecule has 1 unspecified atom stereocenters. The summed E-state index contributed by atoms with van der Waals surface area (Å²) >= 11 is 0. The van der Waals surface area contributed by atoms with Crippen molar-refractivity contribution in [2.45, 2.75) is 39.5 Å². The lowest BCUT2D eigenvalue weighted by Crippen LogP contribution is -2.24. The molecule has 19 heavy (non-hydrogen) atoms. The molecule has 2 rings (SSSR count). The van der Waals surface area contributed by atoms with Crippen molar-refractivity contribution in [1.29, 1.82) is 5.41 Å². The van der Waals surface area contributed by atoms with E-state index in [1.54, 1.807) is 0 Å². The number of nitrogens with zero attached hydrogens (tertiary/aromatic N) is 1. The van der Waals surface area contributed by atoms with E-state index in [2.05, 4.69) is 24.0 Å². The van der Waals surface area contributed by atoms with Gasteiger partial charge in [-0.2, -0.15) is 0 Å². The van der Waals surface area contributed by atoms with Crippen molar-refractivity contribution in [3.05, 3.63) is 29.3 Å². The van der Waals surface area contributed by atoms with Crippen LogP contribution in [0.1, 0.15) is 43.7 Å². The Hall–Kier alpha value is -1.51. The molecule has 1 aromatic rings. The Morgan fingerprint density at radius 3 is 2.79 bits per heavy atom. The largest absolute Gasteiger partial charge is 0.384 e. The number of hydrogen-bond donors (Lipinski definition) is 2. The summed E-state index contributed by atoms with van der Waals surface area (Å²) < 4.78 is 0. The number of anilines is 1. The molecule has 1 aliphatic heterocycles. The molecule has 0 aliphatic carbocycles. The standard InChI is InChI=1S/C16H25N3/c1-3-13-5-4-9-19(10-8-13)14-6-7-15(16(17)18)12(2)11-14/h6-7,11,13H,3-5,8-10H2,1-2H3,(H3,17,18). The summed E-state index contributed by atoms with van der Waals surface area (Å²) in [6, 6.07) is 6.26. The summed E-state index contributed by atoms with van der Waals surface area (Å²) in [5.74, 6) is 1.05. The van der Waals surface area contributed by atoms with Crippen LogP contribution in [0.5, 0.6) is 0 Å². The molecule has 3 N–H and O–H groups in total. The molecule has 1 fully saturated rings. The summed E-state index contributed by atoms with van der Waals surface area (Å²) in [6.07, 6.45) is 5.24. The van der Waals surface area contributed by atoms with Crippen molar-refractivity contribution in [3.63, 3.8) is 0 Å². The van der Waals surface area contributed by atoms with Crippen molar-refractivity contribution in [3.8, 4) is 0 Å². The van der Waals surface area contributed by atoms with Crippen LogP contribution in [0.25, 0.3) is 0 Å². The molecule has 1 aliphatic rings. The first-order valence-corrected chi connectivity index (χ1v) is 7.31. The maximum absolute atomic E-state index is 7.54. The number of nitrogens with two attached hydrogens (primary N) is 1. The summed E-state index contributed by atoms with van der Waals surface area (Å²) in [6.45, 7) is 6.63. The molecule has 1 atom stereocenters. The van der Waals surface area contributed by atoms with Crippen LogP contribution in [-0.4, -0.2) is 18.9 Å². The number of nitrogen functional groups attached to an aromatic ring is 1. The average molecular weight is 259 g/mol. The molecule has 1 heterocycles. The van der Waals surface area contributed by atoms with Gasteiger partial charge in [-0.1, -0.05) is 13.3 Å². The van der Waals surface area contributed by atoms with Crippen LogP contribution in [0.4, 0.5) is 5.69 Å². The lowest BCUT2D eigenvalue weighted by molar-refractivity contribution is 0.459. The maximum atomic E-state index is 7.54. The van der Waals surface area contributed by atoms with Crippen LogP contribution < -0.4 is 10.6 Å². The normalized spacial score (nSPS) is 20.1. The van der Waals surface area contributed by atoms with Gasteiger partial charge >= 0.3 is 0 Å². The summed E-state index contributed by atoms with van der Waals surface area (Å²) in [7, 11) is 0. The zero-order valence-electron chi connectivity index (χ0n) is 12.1. The summed E-state index contributed by atoms with van der Waals surface area (Å²) in [4.78, 5) is 2.48. The Kier molecular flexibility index (Phi) is 4.46. The quantitative estimate of drug-likeness (QED) is 0.646. The van der Waals surface area contributed by atoms with Gasteiger partial charge in [-0.15, -0.1) is 0 Å². The van der Waals surface area contributed by atoms with E-state index in [-0.39, 0.29) is 5.84 Å². The monoisotopic (exact) mass is 259 g/mol. The van der Waals surface area contributed by atoms with Crippen molar-refractivity contribution < 1.29 is 0 Å². The molecule has 0 bridgehead atoms. The van der Waals surface area contributed by atoms with E-state index in [9.17, 15) is 0 Å². The van der Waals surface area contributed by atoms with Gasteiger partial charge in [0, 0.05) is 24.3 Å². The Balaban J connectivity index is 2.13. The van der Waals surface area contributed by atoms with Gasteiger partial charge in [-0.05, 0) is 55.9 Å². The fourth-order valence-electron chi connectivity index (χ4n) is 2.98. The minimum absolute atomic E-state index is 0.158. The van der Waals surface area contributed by atoms with E-state index in [0.29, 0.717) is 0 Å². The summed E-state index contributed by atoms with van der Waals surface area (Å²) in [5.41, 5.74) is 8.80. The van der Waals surface area contributed by atoms with Gasteiger partial charge in [-0.3, -0.25) is 5.41 Å². The van der Waals surface area contributed by atoms with E-state index in [4.69, 9.17) is 11.1 Å². The van der Waals surface area contributed by atoms with Crippen LogP contribution >= 0.6 is 0 Å². The van der Waals surface area contributed by atoms with Crippen molar-refractivity contribution in [1.82, 2.24) is 0 Å². The maximum Gasteiger partial charge on any atom is 0.123 e. The molecular weight excluding hydrogens is 234 g/mol. The second kappa shape index (κ2) is 6.09. The van der Waals surface area contributed by atoms with Gasteiger partial charge in [0.25, 0.3) is 0 Å². The second-order valence-electron chi connectivity index (χ2n) is 5.61. The minimum atomic E-state index is 0.158. The fraction of sp³-hybridized carbons (Fsp3) is 0.562. The number of nitrogens with one attached hydrogen (secondary N) is 1. The Morgan fingerprint density at radius 2 is 2.16 bits per heavy atom. The van der Waals surface area contributed by atoms with Crippen molar-refractivity contribution >= 4 is 11.5 Å². The van der Waals surface area contributed by atoms with Crippen molar-refractivity contribution in [2.24, 2.45) is 11.7 Å². The highest BCUT2D eigenvalue weighted by Gasteiger charge is 2.16. The van der Waals surface area contributed by atoms with Crippen LogP contribution in [0, 0.1) is 18.3 Å². The van der Waals surface area contributed by atoms with Gasteiger partial charge < -0.3 is 10.6 Å². The van der Waals surface area contributed by atoms with Crippen LogP contribution in [0.15, 0.2) is 18.2 Å². The molecule has 3 nitrogen and oxygen atoms in total. The van der Waals surface area contributed by atoms with Gasteiger partial charge in [0.05, 0.1) is 0 Å². The third kappa shape index (κ3) is 3.28. The zero-order chi connectivity index (χ0) is 13.8. The predicted molar refractivity (Wildman–Crippen MR) is 82.0 cm³/mol. The second-order valence-corrected chi connectivity index (χ2v) is 5.61. The first-order chi connectivity index (χ1) is 9.11. The van der Waals surface area contributed by atoms with Crippen LogP contribution in [0.2, 0.25) is 0 Å². The van der Waals surface area contributed by atoms with Gasteiger partial charge in [-0.25, -0.2) is 0 Å². The van der Waals surface area contributed by atoms with Gasteiger partial charge in [0.1, 0.15) is 5.84 Å². The van der Waals surface area contributed by atoms with E-state index < -0.39 is 0 Å². The minimum Gasteiger partial charge on any atom is -0.384 e. The van der Waals surface area contributed by atoms with E-state index in [0.717, 1.165) is 30.1 Å². The van der Waals surface area contributed by atoms with E-state index in [1.165, 1.54) is 31.4 Å². The lowest BCUT2D eigenvalue weighted by Gasteiger charge is -2.24. The van der Waals surface area contributed by atoms with E-state index in [1.807, 2.05) is 13.0 Å². The molecular formula is C16H25N3. The van der Waals surface area contributed by atoms with Crippen LogP contribution in [0.3, 0.4) is 0 Å². The molecule has 0 aromatic heterocycles. The highest BCUT2D eigenvalue weighted by molar-refractivity contribution is 5.96. The molecule has 1 aromatic carbocycles. The van der Waals surface area contributed by atoms with Gasteiger partial charge in [0.15, 0.2) is 0 Å². The first-order valence-electron chi connectivity index (χ1n) is 7.31. The summed E-state index contributed by atoms with van der Waals surface area (Å²) in [5, 5.41) is 7.54. The number of aryl methyl sites for hydroxylation is 1. The SMILES string of the molecule is CCC1CCCN(c2ccc(C(=N)N)c(C)c2)CC1. The predicted octanol–water partition coefficient (Wildman–Crippen LogP) is 3.30. The molecule has 0 spiro atoms. The van der Waals surface area contributed by atoms with E-state index >= 15 is 0 Å². The lowest BCUT2D eigenvalue weighted by atomic mass is 9.98. The van der Waals surface area contributed by atoms with Crippen LogP contribution in [-0.2, 0) is 0 Å². The topological polar surface area (TPSA) is 53.1 Å². The van der Waals surface area contributed by atoms with Crippen molar-refractivity contribution in [2.75, 3.05) is 18.0 Å². The fourth-order valence-corrected chi connectivity index (χ4v) is 2.98. The smallest absolute Gasteiger partial charge is 0.123 e. The first kappa shape index (κ1) is 13.9. The Bertz CT molecular complexity index is 453. The Morgan fingerprint density at radius 1 is 1.37 bits per heavy atom. The number of rotatable bonds is 3. The molecule has 0 saturated carbocycles. The average Bonchev–Trinajstić information content (AvgIpc) is 2.63. The zero-order valence-corrected chi connectivity index (χ0v) is 12.1. The molecule has 0 amide bonds. The number of hydrogen-bond acceptors (Lipinski definition) is 2. The highest BCUT2D eigenvalue weighted by Crippen LogP contribution is 2.25. The molecule has 1 saturated heterocycles. The third-order valence-corrected chi connectivity index (χ3v) is 4.29. The van der Waals surface area contributed by atoms with Gasteiger partial charge in [0.2, 0.25) is 0 Å². The highest BCUT2D eigenvalue weighted by atomic mass is 15.1. The Labute approximate surface area is 116 Å². The number of benzene rings is 1.